The summed E-state index contributed by atoms with van der Waals surface area (Å²) in [4.78, 5) is 40.5. The number of benzene rings is 1. The van der Waals surface area contributed by atoms with Crippen molar-refractivity contribution < 1.29 is 24.3 Å². The lowest BCUT2D eigenvalue weighted by atomic mass is 10.1. The molecule has 168 valence electrons. The molecular formula is C22H30N4O5. The summed E-state index contributed by atoms with van der Waals surface area (Å²) in [6.07, 6.45) is 3.40. The third kappa shape index (κ3) is 8.21. The van der Waals surface area contributed by atoms with Crippen molar-refractivity contribution in [2.45, 2.75) is 52.0 Å². The Morgan fingerprint density at radius 1 is 1.10 bits per heavy atom. The molecule has 0 spiro atoms. The van der Waals surface area contributed by atoms with E-state index in [-0.39, 0.29) is 24.9 Å². The number of para-hydroxylation sites is 1. The summed E-state index contributed by atoms with van der Waals surface area (Å²) in [6.45, 7) is 4.10. The number of nitrogens with zero attached hydrogens (tertiary/aromatic N) is 1. The van der Waals surface area contributed by atoms with E-state index >= 15 is 0 Å². The Hall–Kier alpha value is -3.20. The van der Waals surface area contributed by atoms with Crippen molar-refractivity contribution in [3.63, 3.8) is 0 Å². The van der Waals surface area contributed by atoms with Gasteiger partial charge in [-0.3, -0.25) is 19.8 Å². The van der Waals surface area contributed by atoms with Crippen LogP contribution in [0.4, 0.5) is 10.5 Å². The van der Waals surface area contributed by atoms with E-state index in [1.165, 1.54) is 0 Å². The van der Waals surface area contributed by atoms with Crippen molar-refractivity contribution in [1.29, 1.82) is 0 Å². The van der Waals surface area contributed by atoms with E-state index in [0.717, 1.165) is 5.39 Å². The minimum absolute atomic E-state index is 0.178. The lowest BCUT2D eigenvalue weighted by Crippen LogP contribution is -2.44. The fourth-order valence-corrected chi connectivity index (χ4v) is 2.99. The molecule has 0 unspecified atom stereocenters. The van der Waals surface area contributed by atoms with Crippen LogP contribution in [0, 0.1) is 5.92 Å². The molecule has 0 radical (unpaired) electrons. The molecule has 1 aromatic heterocycles. The molecule has 9 heteroatoms. The highest BCUT2D eigenvalue weighted by Crippen LogP contribution is 2.21. The highest BCUT2D eigenvalue weighted by molar-refractivity contribution is 6.03. The molecule has 0 aliphatic carbocycles. The van der Waals surface area contributed by atoms with Crippen LogP contribution in [0.3, 0.4) is 0 Å². The standard InChI is InChI=1S/C22H30N4O5/c1-15(2)14-31-22(29)25-18(10-4-3-5-12-19(27)26-30)21(28)24-17-11-6-8-16-9-7-13-23-20(16)17/h6-9,11,13,15,18,30H,3-5,10,12,14H2,1-2H3,(H,24,28)(H,25,29)(H,26,27)/t18-/m0/s1. The minimum Gasteiger partial charge on any atom is -0.449 e. The predicted octanol–water partition coefficient (Wildman–Crippen LogP) is 3.38. The van der Waals surface area contributed by atoms with Gasteiger partial charge in [0, 0.05) is 18.0 Å². The first-order chi connectivity index (χ1) is 14.9. The summed E-state index contributed by atoms with van der Waals surface area (Å²) >= 11 is 0. The Morgan fingerprint density at radius 3 is 2.61 bits per heavy atom. The molecule has 0 saturated heterocycles. The number of fused-ring (bicyclic) bond motifs is 1. The Kier molecular flexibility index (Phi) is 9.70. The van der Waals surface area contributed by atoms with E-state index in [9.17, 15) is 14.4 Å². The van der Waals surface area contributed by atoms with Gasteiger partial charge in [0.1, 0.15) is 6.04 Å². The van der Waals surface area contributed by atoms with Gasteiger partial charge in [-0.1, -0.05) is 44.9 Å². The normalized spacial score (nSPS) is 11.7. The molecule has 9 nitrogen and oxygen atoms in total. The third-order valence-corrected chi connectivity index (χ3v) is 4.57. The monoisotopic (exact) mass is 430 g/mol. The summed E-state index contributed by atoms with van der Waals surface area (Å²) in [7, 11) is 0. The van der Waals surface area contributed by atoms with Gasteiger partial charge in [-0.25, -0.2) is 10.3 Å². The number of alkyl carbamates (subject to hydrolysis) is 1. The van der Waals surface area contributed by atoms with Crippen LogP contribution in [0.2, 0.25) is 0 Å². The van der Waals surface area contributed by atoms with Gasteiger partial charge in [0.2, 0.25) is 11.8 Å². The van der Waals surface area contributed by atoms with E-state index in [2.05, 4.69) is 15.6 Å². The number of hydrogen-bond acceptors (Lipinski definition) is 6. The number of amides is 3. The Balaban J connectivity index is 2.02. The van der Waals surface area contributed by atoms with Crippen LogP contribution in [0.15, 0.2) is 36.5 Å². The number of hydroxylamine groups is 1. The van der Waals surface area contributed by atoms with Crippen LogP contribution < -0.4 is 16.1 Å². The lowest BCUT2D eigenvalue weighted by molar-refractivity contribution is -0.129. The quantitative estimate of drug-likeness (QED) is 0.246. The summed E-state index contributed by atoms with van der Waals surface area (Å²) < 4.78 is 5.15. The second-order valence-electron chi connectivity index (χ2n) is 7.69. The second kappa shape index (κ2) is 12.5. The van der Waals surface area contributed by atoms with E-state index in [1.807, 2.05) is 38.1 Å². The van der Waals surface area contributed by atoms with Gasteiger partial charge in [-0.15, -0.1) is 0 Å². The van der Waals surface area contributed by atoms with Crippen LogP contribution in [0.5, 0.6) is 0 Å². The molecule has 31 heavy (non-hydrogen) atoms. The van der Waals surface area contributed by atoms with Crippen LogP contribution in [0.1, 0.15) is 46.0 Å². The SMILES string of the molecule is CC(C)COC(=O)N[C@@H](CCCCCC(=O)NO)C(=O)Nc1cccc2cccnc12. The summed E-state index contributed by atoms with van der Waals surface area (Å²) in [5, 5.41) is 14.9. The smallest absolute Gasteiger partial charge is 0.407 e. The molecular weight excluding hydrogens is 400 g/mol. The number of unbranched alkanes of at least 4 members (excludes halogenated alkanes) is 2. The fraction of sp³-hybridized carbons (Fsp3) is 0.455. The van der Waals surface area contributed by atoms with Crippen molar-refractivity contribution in [2.24, 2.45) is 5.92 Å². The molecule has 0 fully saturated rings. The number of rotatable bonds is 11. The number of carbonyl (C=O) groups excluding carboxylic acids is 3. The molecule has 0 aliphatic heterocycles. The Morgan fingerprint density at radius 2 is 1.87 bits per heavy atom. The van der Waals surface area contributed by atoms with Crippen molar-refractivity contribution >= 4 is 34.5 Å². The van der Waals surface area contributed by atoms with Crippen molar-refractivity contribution in [1.82, 2.24) is 15.8 Å². The highest BCUT2D eigenvalue weighted by atomic mass is 16.5. The lowest BCUT2D eigenvalue weighted by Gasteiger charge is -2.19. The van der Waals surface area contributed by atoms with Gasteiger partial charge in [-0.05, 0) is 30.9 Å². The average Bonchev–Trinajstić information content (AvgIpc) is 2.76. The number of pyridine rings is 1. The summed E-state index contributed by atoms with van der Waals surface area (Å²) in [5.74, 6) is -0.640. The molecule has 0 aliphatic rings. The maximum atomic E-state index is 12.9. The molecule has 1 aromatic carbocycles. The number of anilines is 1. The average molecular weight is 431 g/mol. The third-order valence-electron chi connectivity index (χ3n) is 4.57. The van der Waals surface area contributed by atoms with Crippen LogP contribution in [0.25, 0.3) is 10.9 Å². The zero-order valence-electron chi connectivity index (χ0n) is 17.9. The molecule has 0 bridgehead atoms. The van der Waals surface area contributed by atoms with Crippen molar-refractivity contribution in [3.8, 4) is 0 Å². The largest absolute Gasteiger partial charge is 0.449 e. The van der Waals surface area contributed by atoms with Crippen LogP contribution >= 0.6 is 0 Å². The molecule has 1 atom stereocenters. The van der Waals surface area contributed by atoms with Gasteiger partial charge >= 0.3 is 6.09 Å². The maximum Gasteiger partial charge on any atom is 0.407 e. The first-order valence-electron chi connectivity index (χ1n) is 10.4. The Bertz CT molecular complexity index is 882. The van der Waals surface area contributed by atoms with Gasteiger partial charge < -0.3 is 15.4 Å². The number of nitrogens with one attached hydrogen (secondary N) is 3. The topological polar surface area (TPSA) is 130 Å². The van der Waals surface area contributed by atoms with Crippen LogP contribution in [-0.4, -0.2) is 40.7 Å². The molecule has 1 heterocycles. The molecule has 4 N–H and O–H groups in total. The van der Waals surface area contributed by atoms with E-state index in [4.69, 9.17) is 9.94 Å². The summed E-state index contributed by atoms with van der Waals surface area (Å²) in [5.41, 5.74) is 2.81. The number of ether oxygens (including phenoxy) is 1. The Labute approximate surface area is 181 Å². The van der Waals surface area contributed by atoms with E-state index in [1.54, 1.807) is 17.7 Å². The van der Waals surface area contributed by atoms with Crippen molar-refractivity contribution in [2.75, 3.05) is 11.9 Å². The van der Waals surface area contributed by atoms with Gasteiger partial charge in [0.05, 0.1) is 17.8 Å². The highest BCUT2D eigenvalue weighted by Gasteiger charge is 2.22. The first kappa shape index (κ1) is 24.1. The van der Waals surface area contributed by atoms with Gasteiger partial charge in [0.15, 0.2) is 0 Å². The molecule has 0 saturated carbocycles. The summed E-state index contributed by atoms with van der Waals surface area (Å²) in [6, 6.07) is 8.41. The number of aromatic nitrogens is 1. The van der Waals surface area contributed by atoms with Crippen LogP contribution in [-0.2, 0) is 14.3 Å². The van der Waals surface area contributed by atoms with Gasteiger partial charge in [-0.2, -0.15) is 0 Å². The number of carbonyl (C=O) groups is 3. The van der Waals surface area contributed by atoms with E-state index < -0.39 is 18.0 Å². The minimum atomic E-state index is -0.801. The molecule has 3 amide bonds. The first-order valence-corrected chi connectivity index (χ1v) is 10.4. The van der Waals surface area contributed by atoms with Crippen molar-refractivity contribution in [3.05, 3.63) is 36.5 Å². The molecule has 2 aromatic rings. The maximum absolute atomic E-state index is 12.9. The molecule has 2 rings (SSSR count). The zero-order chi connectivity index (χ0) is 22.6. The second-order valence-corrected chi connectivity index (χ2v) is 7.69. The zero-order valence-corrected chi connectivity index (χ0v) is 17.9. The van der Waals surface area contributed by atoms with Gasteiger partial charge in [0.25, 0.3) is 0 Å². The van der Waals surface area contributed by atoms with E-state index in [0.29, 0.717) is 36.9 Å². The number of hydrogen-bond donors (Lipinski definition) is 4. The fourth-order valence-electron chi connectivity index (χ4n) is 2.99. The predicted molar refractivity (Wildman–Crippen MR) is 116 cm³/mol.